The molecule has 0 saturated heterocycles. The molecule has 1 aromatic rings. The maximum atomic E-state index is 8.76. The zero-order chi connectivity index (χ0) is 12.5. The number of hydrogen-bond acceptors (Lipinski definition) is 3. The summed E-state index contributed by atoms with van der Waals surface area (Å²) in [6, 6.07) is 9.64. The van der Waals surface area contributed by atoms with Crippen molar-refractivity contribution < 1.29 is 4.74 Å². The van der Waals surface area contributed by atoms with E-state index < -0.39 is 0 Å². The molecule has 1 aromatic carbocycles. The standard InChI is InChI=1S/C14H20N2O/c1-12(2)11-17-8-4-7-16-14-6-3-5-13(9-14)10-15/h3,5-6,9,12,16H,4,7-8,11H2,1-2H3. The Bertz CT molecular complexity index is 369. The van der Waals surface area contributed by atoms with Crippen LogP contribution < -0.4 is 5.32 Å². The molecule has 0 fully saturated rings. The van der Waals surface area contributed by atoms with E-state index in [0.29, 0.717) is 11.5 Å². The lowest BCUT2D eigenvalue weighted by molar-refractivity contribution is 0.110. The number of ether oxygens (including phenoxy) is 1. The zero-order valence-corrected chi connectivity index (χ0v) is 10.6. The van der Waals surface area contributed by atoms with Crippen LogP contribution in [0.3, 0.4) is 0 Å². The Morgan fingerprint density at radius 3 is 2.94 bits per heavy atom. The normalized spacial score (nSPS) is 10.2. The third kappa shape index (κ3) is 5.94. The van der Waals surface area contributed by atoms with E-state index in [1.165, 1.54) is 0 Å². The third-order valence-electron chi connectivity index (χ3n) is 2.24. The summed E-state index contributed by atoms with van der Waals surface area (Å²) in [5.41, 5.74) is 1.68. The lowest BCUT2D eigenvalue weighted by Crippen LogP contribution is -2.08. The first-order valence-corrected chi connectivity index (χ1v) is 6.04. The van der Waals surface area contributed by atoms with Gasteiger partial charge >= 0.3 is 0 Å². The number of benzene rings is 1. The Labute approximate surface area is 103 Å². The summed E-state index contributed by atoms with van der Waals surface area (Å²) in [6.45, 7) is 6.76. The number of rotatable bonds is 7. The molecule has 3 heteroatoms. The minimum absolute atomic E-state index is 0.593. The molecule has 0 unspecified atom stereocenters. The van der Waals surface area contributed by atoms with Gasteiger partial charge in [0.05, 0.1) is 11.6 Å². The molecule has 1 N–H and O–H groups in total. The lowest BCUT2D eigenvalue weighted by atomic mass is 10.2. The summed E-state index contributed by atoms with van der Waals surface area (Å²) in [5.74, 6) is 0.593. The average molecular weight is 232 g/mol. The minimum Gasteiger partial charge on any atom is -0.385 e. The average Bonchev–Trinajstić information content (AvgIpc) is 2.33. The SMILES string of the molecule is CC(C)COCCCNc1cccc(C#N)c1. The molecule has 0 amide bonds. The van der Waals surface area contributed by atoms with E-state index in [1.807, 2.05) is 18.2 Å². The van der Waals surface area contributed by atoms with Crippen molar-refractivity contribution in [2.24, 2.45) is 5.92 Å². The Balaban J connectivity index is 2.16. The first-order valence-electron chi connectivity index (χ1n) is 6.04. The van der Waals surface area contributed by atoms with E-state index in [2.05, 4.69) is 25.2 Å². The summed E-state index contributed by atoms with van der Waals surface area (Å²) < 4.78 is 5.49. The van der Waals surface area contributed by atoms with Gasteiger partial charge in [0.15, 0.2) is 0 Å². The zero-order valence-electron chi connectivity index (χ0n) is 10.6. The van der Waals surface area contributed by atoms with E-state index in [4.69, 9.17) is 10.00 Å². The second kappa shape index (κ2) is 7.70. The molecule has 0 bridgehead atoms. The van der Waals surface area contributed by atoms with Crippen molar-refractivity contribution in [3.63, 3.8) is 0 Å². The van der Waals surface area contributed by atoms with Gasteiger partial charge in [-0.1, -0.05) is 19.9 Å². The predicted octanol–water partition coefficient (Wildman–Crippen LogP) is 3.03. The monoisotopic (exact) mass is 232 g/mol. The van der Waals surface area contributed by atoms with Gasteiger partial charge in [-0.3, -0.25) is 0 Å². The van der Waals surface area contributed by atoms with Gasteiger partial charge in [-0.25, -0.2) is 0 Å². The van der Waals surface area contributed by atoms with Gasteiger partial charge in [0, 0.05) is 25.4 Å². The van der Waals surface area contributed by atoms with Gasteiger partial charge in [0.2, 0.25) is 0 Å². The molecule has 0 radical (unpaired) electrons. The molecule has 0 saturated carbocycles. The summed E-state index contributed by atoms with van der Waals surface area (Å²) in [5, 5.41) is 12.0. The van der Waals surface area contributed by atoms with Gasteiger partial charge < -0.3 is 10.1 Å². The maximum absolute atomic E-state index is 8.76. The topological polar surface area (TPSA) is 45.0 Å². The van der Waals surface area contributed by atoms with E-state index in [1.54, 1.807) is 6.07 Å². The summed E-state index contributed by atoms with van der Waals surface area (Å²) in [4.78, 5) is 0. The van der Waals surface area contributed by atoms with Crippen LogP contribution in [0.5, 0.6) is 0 Å². The quantitative estimate of drug-likeness (QED) is 0.735. The fourth-order valence-corrected chi connectivity index (χ4v) is 1.42. The fourth-order valence-electron chi connectivity index (χ4n) is 1.42. The van der Waals surface area contributed by atoms with E-state index >= 15 is 0 Å². The third-order valence-corrected chi connectivity index (χ3v) is 2.24. The first kappa shape index (κ1) is 13.5. The Kier molecular flexibility index (Phi) is 6.13. The fraction of sp³-hybridized carbons (Fsp3) is 0.500. The molecule has 1 rings (SSSR count). The van der Waals surface area contributed by atoms with Crippen LogP contribution in [-0.4, -0.2) is 19.8 Å². The number of anilines is 1. The van der Waals surface area contributed by atoms with Crippen LogP contribution in [0, 0.1) is 17.2 Å². The van der Waals surface area contributed by atoms with Crippen molar-refractivity contribution in [3.05, 3.63) is 29.8 Å². The Morgan fingerprint density at radius 2 is 2.24 bits per heavy atom. The van der Waals surface area contributed by atoms with Crippen LogP contribution in [0.2, 0.25) is 0 Å². The number of nitrogens with one attached hydrogen (secondary N) is 1. The highest BCUT2D eigenvalue weighted by atomic mass is 16.5. The molecule has 0 aliphatic carbocycles. The molecule has 0 aliphatic heterocycles. The number of nitriles is 1. The predicted molar refractivity (Wildman–Crippen MR) is 69.9 cm³/mol. The molecule has 92 valence electrons. The van der Waals surface area contributed by atoms with Gasteiger partial charge in [0.25, 0.3) is 0 Å². The van der Waals surface area contributed by atoms with Crippen molar-refractivity contribution >= 4 is 5.69 Å². The van der Waals surface area contributed by atoms with Crippen LogP contribution in [0.25, 0.3) is 0 Å². The second-order valence-electron chi connectivity index (χ2n) is 4.44. The Morgan fingerprint density at radius 1 is 1.41 bits per heavy atom. The van der Waals surface area contributed by atoms with Gasteiger partial charge in [0.1, 0.15) is 0 Å². The molecule has 0 aromatic heterocycles. The summed E-state index contributed by atoms with van der Waals surface area (Å²) >= 11 is 0. The van der Waals surface area contributed by atoms with Crippen LogP contribution >= 0.6 is 0 Å². The highest BCUT2D eigenvalue weighted by molar-refractivity contribution is 5.48. The van der Waals surface area contributed by atoms with Crippen LogP contribution in [0.4, 0.5) is 5.69 Å². The molecule has 3 nitrogen and oxygen atoms in total. The molecule has 0 heterocycles. The summed E-state index contributed by atoms with van der Waals surface area (Å²) in [7, 11) is 0. The van der Waals surface area contributed by atoms with Crippen molar-refractivity contribution in [1.29, 1.82) is 5.26 Å². The maximum Gasteiger partial charge on any atom is 0.0992 e. The van der Waals surface area contributed by atoms with Crippen LogP contribution in [0.15, 0.2) is 24.3 Å². The van der Waals surface area contributed by atoms with Gasteiger partial charge in [-0.2, -0.15) is 5.26 Å². The smallest absolute Gasteiger partial charge is 0.0992 e. The van der Waals surface area contributed by atoms with Gasteiger partial charge in [-0.15, -0.1) is 0 Å². The first-order chi connectivity index (χ1) is 8.22. The van der Waals surface area contributed by atoms with Crippen LogP contribution in [0.1, 0.15) is 25.8 Å². The van der Waals surface area contributed by atoms with Crippen molar-refractivity contribution in [3.8, 4) is 6.07 Å². The lowest BCUT2D eigenvalue weighted by Gasteiger charge is -2.08. The minimum atomic E-state index is 0.593. The van der Waals surface area contributed by atoms with E-state index in [9.17, 15) is 0 Å². The van der Waals surface area contributed by atoms with Crippen LogP contribution in [-0.2, 0) is 4.74 Å². The summed E-state index contributed by atoms with van der Waals surface area (Å²) in [6.07, 6.45) is 0.976. The largest absolute Gasteiger partial charge is 0.385 e. The molecular formula is C14H20N2O. The Hall–Kier alpha value is -1.53. The van der Waals surface area contributed by atoms with Crippen molar-refractivity contribution in [2.75, 3.05) is 25.1 Å². The highest BCUT2D eigenvalue weighted by Gasteiger charge is 1.95. The van der Waals surface area contributed by atoms with Crippen molar-refractivity contribution in [2.45, 2.75) is 20.3 Å². The molecule has 0 atom stereocenters. The number of nitrogens with zero attached hydrogens (tertiary/aromatic N) is 1. The highest BCUT2D eigenvalue weighted by Crippen LogP contribution is 2.09. The molecule has 0 aliphatic rings. The van der Waals surface area contributed by atoms with E-state index in [-0.39, 0.29) is 0 Å². The molecular weight excluding hydrogens is 212 g/mol. The molecule has 0 spiro atoms. The number of hydrogen-bond donors (Lipinski definition) is 1. The van der Waals surface area contributed by atoms with Gasteiger partial charge in [-0.05, 0) is 30.5 Å². The van der Waals surface area contributed by atoms with Crippen molar-refractivity contribution in [1.82, 2.24) is 0 Å². The second-order valence-corrected chi connectivity index (χ2v) is 4.44. The molecule has 17 heavy (non-hydrogen) atoms. The van der Waals surface area contributed by atoms with E-state index in [0.717, 1.165) is 31.9 Å².